The molecule has 5 heteroatoms. The van der Waals surface area contributed by atoms with Crippen molar-refractivity contribution in [2.75, 3.05) is 13.1 Å². The van der Waals surface area contributed by atoms with Gasteiger partial charge in [-0.3, -0.25) is 4.79 Å². The zero-order valence-corrected chi connectivity index (χ0v) is 11.0. The van der Waals surface area contributed by atoms with Gasteiger partial charge in [0, 0.05) is 24.2 Å². The molecule has 1 aliphatic heterocycles. The fourth-order valence-corrected chi connectivity index (χ4v) is 2.40. The Balaban J connectivity index is 2.16. The molecule has 1 saturated heterocycles. The van der Waals surface area contributed by atoms with Crippen LogP contribution in [0.25, 0.3) is 0 Å². The van der Waals surface area contributed by atoms with E-state index in [-0.39, 0.29) is 11.7 Å². The Morgan fingerprint density at radius 1 is 1.53 bits per heavy atom. The Morgan fingerprint density at radius 3 is 2.89 bits per heavy atom. The minimum absolute atomic E-state index is 0.0162. The second-order valence-electron chi connectivity index (χ2n) is 4.88. The van der Waals surface area contributed by atoms with E-state index in [0.717, 1.165) is 25.9 Å². The van der Waals surface area contributed by atoms with Gasteiger partial charge in [0.1, 0.15) is 0 Å². The quantitative estimate of drug-likeness (QED) is 0.376. The number of carbonyl (C=O) groups is 1. The summed E-state index contributed by atoms with van der Waals surface area (Å²) in [6.07, 6.45) is 2.18. The summed E-state index contributed by atoms with van der Waals surface area (Å²) < 4.78 is 0. The number of nitrogens with zero attached hydrogens (tertiary/aromatic N) is 2. The Labute approximate surface area is 112 Å². The summed E-state index contributed by atoms with van der Waals surface area (Å²) in [5, 5.41) is 11.6. The largest absolute Gasteiger partial charge is 0.409 e. The first-order valence-corrected chi connectivity index (χ1v) is 6.53. The number of rotatable bonds is 3. The molecule has 1 aromatic rings. The summed E-state index contributed by atoms with van der Waals surface area (Å²) in [7, 11) is 0. The average molecular weight is 261 g/mol. The molecule has 0 aromatic heterocycles. The second-order valence-corrected chi connectivity index (χ2v) is 4.88. The lowest BCUT2D eigenvalue weighted by Crippen LogP contribution is -2.29. The van der Waals surface area contributed by atoms with Gasteiger partial charge in [0.05, 0.1) is 0 Å². The zero-order chi connectivity index (χ0) is 13.8. The van der Waals surface area contributed by atoms with Crippen LogP contribution in [0.15, 0.2) is 29.4 Å². The third-order valence-corrected chi connectivity index (χ3v) is 3.66. The van der Waals surface area contributed by atoms with Crippen LogP contribution in [0.4, 0.5) is 0 Å². The molecule has 102 valence electrons. The van der Waals surface area contributed by atoms with Gasteiger partial charge >= 0.3 is 0 Å². The maximum atomic E-state index is 12.4. The first-order chi connectivity index (χ1) is 9.15. The van der Waals surface area contributed by atoms with Crippen molar-refractivity contribution in [3.63, 3.8) is 0 Å². The van der Waals surface area contributed by atoms with Crippen LogP contribution in [0.1, 0.15) is 35.7 Å². The molecule has 0 saturated carbocycles. The molecular formula is C14H19N3O2. The first-order valence-electron chi connectivity index (χ1n) is 6.53. The molecule has 2 rings (SSSR count). The lowest BCUT2D eigenvalue weighted by molar-refractivity contribution is 0.0787. The Hall–Kier alpha value is -2.04. The topological polar surface area (TPSA) is 78.9 Å². The molecule has 19 heavy (non-hydrogen) atoms. The lowest BCUT2D eigenvalue weighted by atomic mass is 10.1. The molecule has 1 heterocycles. The summed E-state index contributed by atoms with van der Waals surface area (Å²) >= 11 is 0. The monoisotopic (exact) mass is 261 g/mol. The van der Waals surface area contributed by atoms with Crippen LogP contribution < -0.4 is 5.73 Å². The molecule has 1 aliphatic rings. The Morgan fingerprint density at radius 2 is 2.26 bits per heavy atom. The van der Waals surface area contributed by atoms with E-state index in [9.17, 15) is 4.79 Å². The predicted octanol–water partition coefficient (Wildman–Crippen LogP) is 1.65. The van der Waals surface area contributed by atoms with Crippen molar-refractivity contribution >= 4 is 11.7 Å². The molecule has 0 bridgehead atoms. The maximum Gasteiger partial charge on any atom is 0.253 e. The predicted molar refractivity (Wildman–Crippen MR) is 73.3 cm³/mol. The van der Waals surface area contributed by atoms with Gasteiger partial charge in [-0.2, -0.15) is 0 Å². The molecule has 1 amide bonds. The van der Waals surface area contributed by atoms with Crippen molar-refractivity contribution in [3.8, 4) is 0 Å². The van der Waals surface area contributed by atoms with E-state index in [2.05, 4.69) is 12.1 Å². The van der Waals surface area contributed by atoms with E-state index in [1.165, 1.54) is 0 Å². The fourth-order valence-electron chi connectivity index (χ4n) is 2.40. The number of likely N-dealkylation sites (tertiary alicyclic amines) is 1. The second kappa shape index (κ2) is 5.73. The number of hydrogen-bond donors (Lipinski definition) is 2. The van der Waals surface area contributed by atoms with Gasteiger partial charge in [-0.05, 0) is 24.5 Å². The van der Waals surface area contributed by atoms with E-state index < -0.39 is 0 Å². The van der Waals surface area contributed by atoms with E-state index >= 15 is 0 Å². The third-order valence-electron chi connectivity index (χ3n) is 3.66. The number of amides is 1. The summed E-state index contributed by atoms with van der Waals surface area (Å²) in [4.78, 5) is 14.2. The lowest BCUT2D eigenvalue weighted by Gasteiger charge is -2.16. The number of hydrogen-bond acceptors (Lipinski definition) is 3. The highest BCUT2D eigenvalue weighted by Crippen LogP contribution is 2.21. The summed E-state index contributed by atoms with van der Waals surface area (Å²) in [6.45, 7) is 3.78. The van der Waals surface area contributed by atoms with Crippen LogP contribution in [-0.2, 0) is 0 Å². The molecule has 1 atom stereocenters. The van der Waals surface area contributed by atoms with Crippen molar-refractivity contribution < 1.29 is 10.0 Å². The van der Waals surface area contributed by atoms with E-state index in [1.807, 2.05) is 4.90 Å². The van der Waals surface area contributed by atoms with Gasteiger partial charge in [-0.15, -0.1) is 0 Å². The molecule has 1 aromatic carbocycles. The van der Waals surface area contributed by atoms with Crippen LogP contribution in [0.3, 0.4) is 0 Å². The number of nitrogens with two attached hydrogens (primary N) is 1. The maximum absolute atomic E-state index is 12.4. The number of carbonyl (C=O) groups excluding carboxylic acids is 1. The molecule has 5 nitrogen and oxygen atoms in total. The van der Waals surface area contributed by atoms with Crippen molar-refractivity contribution in [2.24, 2.45) is 16.8 Å². The van der Waals surface area contributed by atoms with Crippen molar-refractivity contribution in [2.45, 2.75) is 19.8 Å². The summed E-state index contributed by atoms with van der Waals surface area (Å²) in [6, 6.07) is 6.88. The minimum Gasteiger partial charge on any atom is -0.409 e. The number of oxime groups is 1. The van der Waals surface area contributed by atoms with Crippen molar-refractivity contribution in [1.82, 2.24) is 4.90 Å². The van der Waals surface area contributed by atoms with Gasteiger partial charge in [0.25, 0.3) is 5.91 Å². The summed E-state index contributed by atoms with van der Waals surface area (Å²) in [5.41, 5.74) is 6.67. The normalized spacial score (nSPS) is 19.7. The first kappa shape index (κ1) is 13.4. The fraction of sp³-hybridized carbons (Fsp3) is 0.429. The third kappa shape index (κ3) is 2.86. The number of benzene rings is 1. The van der Waals surface area contributed by atoms with Crippen LogP contribution >= 0.6 is 0 Å². The van der Waals surface area contributed by atoms with E-state index in [4.69, 9.17) is 10.9 Å². The van der Waals surface area contributed by atoms with Gasteiger partial charge in [0.2, 0.25) is 0 Å². The number of amidine groups is 1. The van der Waals surface area contributed by atoms with Crippen LogP contribution in [0, 0.1) is 5.92 Å². The molecular weight excluding hydrogens is 242 g/mol. The van der Waals surface area contributed by atoms with Crippen LogP contribution in [0.2, 0.25) is 0 Å². The SMILES string of the molecule is CCC1CCN(C(=O)c2cccc(/C(N)=N/O)c2)C1. The highest BCUT2D eigenvalue weighted by atomic mass is 16.4. The highest BCUT2D eigenvalue weighted by Gasteiger charge is 2.25. The van der Waals surface area contributed by atoms with Gasteiger partial charge in [-0.1, -0.05) is 30.6 Å². The van der Waals surface area contributed by atoms with Gasteiger partial charge in [0.15, 0.2) is 5.84 Å². The summed E-state index contributed by atoms with van der Waals surface area (Å²) in [5.74, 6) is 0.641. The van der Waals surface area contributed by atoms with E-state index in [0.29, 0.717) is 17.0 Å². The standard InChI is InChI=1S/C14H19N3O2/c1-2-10-6-7-17(9-10)14(18)12-5-3-4-11(8-12)13(15)16-19/h3-5,8,10,19H,2,6-7,9H2,1H3,(H2,15,16). The van der Waals surface area contributed by atoms with Crippen molar-refractivity contribution in [3.05, 3.63) is 35.4 Å². The van der Waals surface area contributed by atoms with E-state index in [1.54, 1.807) is 24.3 Å². The molecule has 3 N–H and O–H groups in total. The smallest absolute Gasteiger partial charge is 0.253 e. The van der Waals surface area contributed by atoms with Crippen LogP contribution in [-0.4, -0.2) is 34.9 Å². The Kier molecular flexibility index (Phi) is 4.04. The highest BCUT2D eigenvalue weighted by molar-refractivity contribution is 6.01. The van der Waals surface area contributed by atoms with Gasteiger partial charge in [-0.25, -0.2) is 0 Å². The molecule has 1 fully saturated rings. The minimum atomic E-state index is 0.0162. The molecule has 1 unspecified atom stereocenters. The average Bonchev–Trinajstić information content (AvgIpc) is 2.94. The molecule has 0 aliphatic carbocycles. The molecule has 0 radical (unpaired) electrons. The van der Waals surface area contributed by atoms with Crippen LogP contribution in [0.5, 0.6) is 0 Å². The zero-order valence-electron chi connectivity index (χ0n) is 11.0. The Bertz CT molecular complexity index is 499. The van der Waals surface area contributed by atoms with Crippen molar-refractivity contribution in [1.29, 1.82) is 0 Å². The molecule has 0 spiro atoms. The van der Waals surface area contributed by atoms with Gasteiger partial charge < -0.3 is 15.8 Å².